The predicted octanol–water partition coefficient (Wildman–Crippen LogP) is 0.979. The van der Waals surface area contributed by atoms with E-state index in [1.807, 2.05) is 20.8 Å². The van der Waals surface area contributed by atoms with E-state index < -0.39 is 0 Å². The molecule has 0 radical (unpaired) electrons. The average molecular weight is 146 g/mol. The van der Waals surface area contributed by atoms with Crippen LogP contribution in [0.15, 0.2) is 0 Å². The van der Waals surface area contributed by atoms with Gasteiger partial charge in [0.2, 0.25) is 6.73 Å². The summed E-state index contributed by atoms with van der Waals surface area (Å²) in [5, 5.41) is 9.84. The highest BCUT2D eigenvalue weighted by atomic mass is 16.6. The molecule has 0 aromatic heterocycles. The molecule has 0 bridgehead atoms. The van der Waals surface area contributed by atoms with Crippen LogP contribution in [0.25, 0.3) is 0 Å². The lowest BCUT2D eigenvalue weighted by molar-refractivity contribution is -1.13. The van der Waals surface area contributed by atoms with E-state index in [0.29, 0.717) is 19.9 Å². The van der Waals surface area contributed by atoms with Gasteiger partial charge in [-0.25, -0.2) is 5.21 Å². The van der Waals surface area contributed by atoms with Crippen molar-refractivity contribution in [1.82, 2.24) is 0 Å². The number of hydrogen-bond donors (Lipinski definition) is 1. The first-order valence-corrected chi connectivity index (χ1v) is 3.63. The molecule has 3 heteroatoms. The Bertz CT molecular complexity index is 122. The zero-order valence-corrected chi connectivity index (χ0v) is 6.92. The number of ether oxygens (including phenoxy) is 1. The van der Waals surface area contributed by atoms with E-state index in [1.54, 1.807) is 0 Å². The summed E-state index contributed by atoms with van der Waals surface area (Å²) in [6.07, 6.45) is 0. The van der Waals surface area contributed by atoms with E-state index in [4.69, 9.17) is 4.74 Å². The monoisotopic (exact) mass is 146 g/mol. The first-order valence-electron chi connectivity index (χ1n) is 3.63. The lowest BCUT2D eigenvalue weighted by Crippen LogP contribution is -2.56. The average Bonchev–Trinajstić information content (AvgIpc) is 2.13. The minimum absolute atomic E-state index is 0.0486. The Kier molecular flexibility index (Phi) is 1.75. The fourth-order valence-corrected chi connectivity index (χ4v) is 1.02. The molecule has 10 heavy (non-hydrogen) atoms. The molecule has 1 aliphatic rings. The SMILES string of the molecule is CC(C)(C)[N+]1(O)CCOC1. The highest BCUT2D eigenvalue weighted by molar-refractivity contribution is 4.60. The molecule has 0 aliphatic carbocycles. The Morgan fingerprint density at radius 2 is 2.00 bits per heavy atom. The van der Waals surface area contributed by atoms with Crippen molar-refractivity contribution in [2.24, 2.45) is 0 Å². The van der Waals surface area contributed by atoms with E-state index in [1.165, 1.54) is 0 Å². The zero-order chi connectivity index (χ0) is 7.83. The van der Waals surface area contributed by atoms with E-state index in [0.717, 1.165) is 0 Å². The van der Waals surface area contributed by atoms with Crippen molar-refractivity contribution < 1.29 is 14.6 Å². The molecule has 1 fully saturated rings. The number of rotatable bonds is 0. The van der Waals surface area contributed by atoms with Gasteiger partial charge < -0.3 is 4.74 Å². The quantitative estimate of drug-likeness (QED) is 0.516. The lowest BCUT2D eigenvalue weighted by atomic mass is 10.1. The summed E-state index contributed by atoms with van der Waals surface area (Å²) in [6.45, 7) is 7.87. The third kappa shape index (κ3) is 1.17. The maximum absolute atomic E-state index is 9.84. The molecular formula is C7H16NO2+. The Balaban J connectivity index is 2.67. The van der Waals surface area contributed by atoms with E-state index in [2.05, 4.69) is 0 Å². The third-order valence-electron chi connectivity index (χ3n) is 2.16. The van der Waals surface area contributed by atoms with Crippen molar-refractivity contribution >= 4 is 0 Å². The summed E-state index contributed by atoms with van der Waals surface area (Å²) in [7, 11) is 0. The normalized spacial score (nSPS) is 34.8. The van der Waals surface area contributed by atoms with Crippen LogP contribution < -0.4 is 0 Å². The molecule has 0 aromatic rings. The summed E-state index contributed by atoms with van der Waals surface area (Å²) in [6, 6.07) is 0. The molecule has 0 aromatic carbocycles. The van der Waals surface area contributed by atoms with Crippen LogP contribution in [0.2, 0.25) is 0 Å². The number of hydroxylamine groups is 3. The van der Waals surface area contributed by atoms with Gasteiger partial charge in [-0.1, -0.05) is 0 Å². The molecule has 1 heterocycles. The minimum Gasteiger partial charge on any atom is -0.323 e. The van der Waals surface area contributed by atoms with Crippen molar-refractivity contribution in [2.75, 3.05) is 19.9 Å². The number of quaternary nitrogens is 1. The summed E-state index contributed by atoms with van der Waals surface area (Å²) in [5.74, 6) is 0. The van der Waals surface area contributed by atoms with Crippen molar-refractivity contribution in [3.63, 3.8) is 0 Å². The molecule has 0 amide bonds. The number of hydrogen-bond acceptors (Lipinski definition) is 2. The van der Waals surface area contributed by atoms with Gasteiger partial charge in [-0.15, -0.1) is 0 Å². The molecule has 1 unspecified atom stereocenters. The predicted molar refractivity (Wildman–Crippen MR) is 37.5 cm³/mol. The Morgan fingerprint density at radius 1 is 1.40 bits per heavy atom. The van der Waals surface area contributed by atoms with Crippen LogP contribution in [0.4, 0.5) is 0 Å². The van der Waals surface area contributed by atoms with Crippen molar-refractivity contribution in [1.29, 1.82) is 0 Å². The molecule has 3 nitrogen and oxygen atoms in total. The Hall–Kier alpha value is -0.120. The zero-order valence-electron chi connectivity index (χ0n) is 6.92. The van der Waals surface area contributed by atoms with Crippen LogP contribution in [0.1, 0.15) is 20.8 Å². The van der Waals surface area contributed by atoms with Crippen molar-refractivity contribution in [3.8, 4) is 0 Å². The molecular weight excluding hydrogens is 130 g/mol. The van der Waals surface area contributed by atoms with Crippen LogP contribution in [0.5, 0.6) is 0 Å². The smallest absolute Gasteiger partial charge is 0.213 e. The van der Waals surface area contributed by atoms with Gasteiger partial charge in [-0.05, 0) is 20.8 Å². The Labute approximate surface area is 61.8 Å². The fourth-order valence-electron chi connectivity index (χ4n) is 1.02. The molecule has 1 atom stereocenters. The van der Waals surface area contributed by atoms with Gasteiger partial charge in [0, 0.05) is 0 Å². The molecule has 0 saturated carbocycles. The van der Waals surface area contributed by atoms with Crippen LogP contribution in [0.3, 0.4) is 0 Å². The first-order chi connectivity index (χ1) is 4.46. The summed E-state index contributed by atoms with van der Waals surface area (Å²) in [4.78, 5) is 0. The molecule has 0 spiro atoms. The second-order valence-electron chi connectivity index (χ2n) is 3.85. The van der Waals surface area contributed by atoms with E-state index in [-0.39, 0.29) is 10.2 Å². The number of nitrogens with zero attached hydrogens (tertiary/aromatic N) is 1. The topological polar surface area (TPSA) is 29.5 Å². The molecule has 60 valence electrons. The van der Waals surface area contributed by atoms with Gasteiger partial charge in [-0.3, -0.25) is 0 Å². The summed E-state index contributed by atoms with van der Waals surface area (Å²) >= 11 is 0. The molecule has 1 saturated heterocycles. The van der Waals surface area contributed by atoms with Gasteiger partial charge in [0.25, 0.3) is 0 Å². The minimum atomic E-state index is -0.115. The largest absolute Gasteiger partial charge is 0.323 e. The maximum Gasteiger partial charge on any atom is 0.213 e. The molecule has 1 rings (SSSR count). The van der Waals surface area contributed by atoms with Crippen molar-refractivity contribution in [2.45, 2.75) is 26.3 Å². The summed E-state index contributed by atoms with van der Waals surface area (Å²) < 4.78 is 5.16. The van der Waals surface area contributed by atoms with E-state index >= 15 is 0 Å². The van der Waals surface area contributed by atoms with Crippen LogP contribution in [0, 0.1) is 0 Å². The fraction of sp³-hybridized carbons (Fsp3) is 1.00. The van der Waals surface area contributed by atoms with Gasteiger partial charge >= 0.3 is 0 Å². The highest BCUT2D eigenvalue weighted by Crippen LogP contribution is 2.24. The molecule has 1 aliphatic heterocycles. The maximum atomic E-state index is 9.84. The van der Waals surface area contributed by atoms with Gasteiger partial charge in [-0.2, -0.15) is 4.65 Å². The summed E-state index contributed by atoms with van der Waals surface area (Å²) in [5.41, 5.74) is -0.115. The lowest BCUT2D eigenvalue weighted by Gasteiger charge is -2.35. The second kappa shape index (κ2) is 2.19. The van der Waals surface area contributed by atoms with Crippen molar-refractivity contribution in [3.05, 3.63) is 0 Å². The van der Waals surface area contributed by atoms with Crippen LogP contribution in [-0.4, -0.2) is 35.3 Å². The highest BCUT2D eigenvalue weighted by Gasteiger charge is 2.43. The second-order valence-corrected chi connectivity index (χ2v) is 3.85. The third-order valence-corrected chi connectivity index (χ3v) is 2.16. The van der Waals surface area contributed by atoms with Gasteiger partial charge in [0.1, 0.15) is 18.7 Å². The van der Waals surface area contributed by atoms with E-state index in [9.17, 15) is 5.21 Å². The Morgan fingerprint density at radius 3 is 2.20 bits per heavy atom. The van der Waals surface area contributed by atoms with Crippen LogP contribution >= 0.6 is 0 Å². The molecule has 1 N–H and O–H groups in total. The van der Waals surface area contributed by atoms with Crippen LogP contribution in [-0.2, 0) is 4.74 Å². The first kappa shape index (κ1) is 7.98. The van der Waals surface area contributed by atoms with Gasteiger partial charge in [0.05, 0.1) is 0 Å². The van der Waals surface area contributed by atoms with Gasteiger partial charge in [0.15, 0.2) is 0 Å². The standard InChI is InChI=1S/C7H16NO2/c1-7(2,3)8(9)4-5-10-6-8/h9H,4-6H2,1-3H3/q+1.